The van der Waals surface area contributed by atoms with Gasteiger partial charge in [-0.25, -0.2) is 19.7 Å². The molecule has 3 N–H and O–H groups in total. The number of nitrogens with zero attached hydrogens (tertiary/aromatic N) is 3. The normalized spacial score (nSPS) is 10.9. The number of hydrogen-bond donors (Lipinski definition) is 3. The summed E-state index contributed by atoms with van der Waals surface area (Å²) in [6, 6.07) is 7.90. The van der Waals surface area contributed by atoms with Crippen molar-refractivity contribution in [3.63, 3.8) is 0 Å². The zero-order valence-electron chi connectivity index (χ0n) is 16.3. The van der Waals surface area contributed by atoms with Crippen molar-refractivity contribution in [3.05, 3.63) is 52.7 Å². The molecule has 8 nitrogen and oxygen atoms in total. The van der Waals surface area contributed by atoms with Crippen LogP contribution >= 0.6 is 22.7 Å². The molecule has 3 aromatic heterocycles. The summed E-state index contributed by atoms with van der Waals surface area (Å²) in [4.78, 5) is 25.1. The summed E-state index contributed by atoms with van der Waals surface area (Å²) in [5, 5.41) is 19.2. The van der Waals surface area contributed by atoms with Crippen LogP contribution in [0.3, 0.4) is 0 Å². The molecule has 0 saturated heterocycles. The molecule has 0 radical (unpaired) electrons. The van der Waals surface area contributed by atoms with Gasteiger partial charge in [0.25, 0.3) is 0 Å². The van der Waals surface area contributed by atoms with E-state index in [1.807, 2.05) is 31.2 Å². The van der Waals surface area contributed by atoms with Gasteiger partial charge in [0, 0.05) is 10.9 Å². The fourth-order valence-corrected chi connectivity index (χ4v) is 4.42. The fraction of sp³-hybridized carbons (Fsp3) is 0.200. The summed E-state index contributed by atoms with van der Waals surface area (Å²) >= 11 is 2.81. The number of rotatable bonds is 7. The van der Waals surface area contributed by atoms with Gasteiger partial charge in [-0.1, -0.05) is 23.5 Å². The van der Waals surface area contributed by atoms with Gasteiger partial charge < -0.3 is 20.5 Å². The highest BCUT2D eigenvalue weighted by Gasteiger charge is 2.16. The van der Waals surface area contributed by atoms with Gasteiger partial charge in [0.2, 0.25) is 0 Å². The lowest BCUT2D eigenvalue weighted by atomic mass is 10.1. The van der Waals surface area contributed by atoms with Crippen molar-refractivity contribution in [3.8, 4) is 0 Å². The second kappa shape index (κ2) is 8.74. The molecule has 0 aliphatic rings. The number of esters is 1. The molecule has 0 bridgehead atoms. The minimum absolute atomic E-state index is 0.179. The average Bonchev–Trinajstić information content (AvgIpc) is 3.37. The molecule has 3 heterocycles. The number of para-hydroxylation sites is 1. The van der Waals surface area contributed by atoms with E-state index in [4.69, 9.17) is 4.74 Å². The quantitative estimate of drug-likeness (QED) is 0.357. The number of carbonyl (C=O) groups excluding carboxylic acids is 1. The maximum Gasteiger partial charge on any atom is 0.357 e. The van der Waals surface area contributed by atoms with E-state index in [9.17, 15) is 9.90 Å². The Bertz CT molecular complexity index is 1170. The highest BCUT2D eigenvalue weighted by molar-refractivity contribution is 7.22. The van der Waals surface area contributed by atoms with Crippen LogP contribution in [-0.4, -0.2) is 32.6 Å². The van der Waals surface area contributed by atoms with E-state index in [0.717, 1.165) is 20.9 Å². The van der Waals surface area contributed by atoms with E-state index in [2.05, 4.69) is 25.6 Å². The van der Waals surface area contributed by atoms with Crippen molar-refractivity contribution in [1.29, 1.82) is 0 Å². The topological polar surface area (TPSA) is 109 Å². The van der Waals surface area contributed by atoms with Gasteiger partial charge in [0.15, 0.2) is 16.0 Å². The van der Waals surface area contributed by atoms with Crippen LogP contribution in [0.5, 0.6) is 0 Å². The molecule has 4 aromatic rings. The Morgan fingerprint density at radius 3 is 2.80 bits per heavy atom. The lowest BCUT2D eigenvalue weighted by Crippen LogP contribution is -2.06. The van der Waals surface area contributed by atoms with Crippen LogP contribution in [0.15, 0.2) is 35.8 Å². The molecule has 30 heavy (non-hydrogen) atoms. The predicted molar refractivity (Wildman–Crippen MR) is 119 cm³/mol. The number of carbonyl (C=O) groups is 1. The van der Waals surface area contributed by atoms with Crippen molar-refractivity contribution in [1.82, 2.24) is 15.0 Å². The molecular formula is C20H19N5O3S2. The number of aliphatic hydroxyl groups excluding tert-OH is 1. The molecule has 4 rings (SSSR count). The van der Waals surface area contributed by atoms with Crippen LogP contribution in [0.1, 0.15) is 28.5 Å². The summed E-state index contributed by atoms with van der Waals surface area (Å²) in [5.74, 6) is 0.156. The molecule has 0 unspecified atom stereocenters. The zero-order chi connectivity index (χ0) is 21.1. The molecule has 0 aliphatic carbocycles. The van der Waals surface area contributed by atoms with E-state index in [1.54, 1.807) is 18.5 Å². The van der Waals surface area contributed by atoms with Gasteiger partial charge >= 0.3 is 5.97 Å². The average molecular weight is 442 g/mol. The van der Waals surface area contributed by atoms with E-state index < -0.39 is 5.97 Å². The smallest absolute Gasteiger partial charge is 0.357 e. The summed E-state index contributed by atoms with van der Waals surface area (Å²) in [6.45, 7) is 3.74. The molecular weight excluding hydrogens is 422 g/mol. The lowest BCUT2D eigenvalue weighted by molar-refractivity contribution is 0.0520. The summed E-state index contributed by atoms with van der Waals surface area (Å²) in [5.41, 5.74) is 3.26. The highest BCUT2D eigenvalue weighted by Crippen LogP contribution is 2.32. The van der Waals surface area contributed by atoms with Crippen molar-refractivity contribution in [2.45, 2.75) is 20.5 Å². The second-order valence-corrected chi connectivity index (χ2v) is 8.17. The standard InChI is InChI=1S/C20H19N5O3S2/c1-3-28-18(27)15-10-29-19(24-15)23-14-8-21-17(11(2)12(14)9-26)25-20-22-13-6-4-5-7-16(13)30-20/h4-8,10,26H,3,9H2,1-2H3,(H,23,24)(H,21,22,25). The Kier molecular flexibility index (Phi) is 5.88. The Hall–Kier alpha value is -3.08. The Morgan fingerprint density at radius 1 is 1.20 bits per heavy atom. The first-order valence-corrected chi connectivity index (χ1v) is 10.9. The van der Waals surface area contributed by atoms with Crippen LogP contribution in [0.4, 0.5) is 21.8 Å². The fourth-order valence-electron chi connectivity index (χ4n) is 2.86. The largest absolute Gasteiger partial charge is 0.461 e. The molecule has 0 fully saturated rings. The predicted octanol–water partition coefficient (Wildman–Crippen LogP) is 4.61. The number of fused-ring (bicyclic) bond motifs is 1. The lowest BCUT2D eigenvalue weighted by Gasteiger charge is -2.14. The van der Waals surface area contributed by atoms with Crippen molar-refractivity contribution < 1.29 is 14.6 Å². The minimum atomic E-state index is -0.464. The minimum Gasteiger partial charge on any atom is -0.461 e. The van der Waals surface area contributed by atoms with Crippen LogP contribution in [0.25, 0.3) is 10.2 Å². The number of ether oxygens (including phenoxy) is 1. The molecule has 10 heteroatoms. The third-order valence-corrected chi connectivity index (χ3v) is 6.07. The molecule has 0 aliphatic heterocycles. The maximum atomic E-state index is 11.8. The van der Waals surface area contributed by atoms with E-state index in [-0.39, 0.29) is 12.3 Å². The van der Waals surface area contributed by atoms with Crippen molar-refractivity contribution in [2.75, 3.05) is 17.2 Å². The van der Waals surface area contributed by atoms with Gasteiger partial charge in [-0.15, -0.1) is 11.3 Å². The third-order valence-electron chi connectivity index (χ3n) is 4.36. The first-order chi connectivity index (χ1) is 14.6. The number of thiazole rings is 2. The van der Waals surface area contributed by atoms with Crippen molar-refractivity contribution in [2.24, 2.45) is 0 Å². The number of aliphatic hydroxyl groups is 1. The third kappa shape index (κ3) is 4.11. The van der Waals surface area contributed by atoms with Gasteiger partial charge in [-0.3, -0.25) is 0 Å². The number of anilines is 4. The first kappa shape index (κ1) is 20.2. The molecule has 0 amide bonds. The molecule has 0 atom stereocenters. The summed E-state index contributed by atoms with van der Waals surface area (Å²) < 4.78 is 6.04. The van der Waals surface area contributed by atoms with Crippen LogP contribution in [-0.2, 0) is 11.3 Å². The highest BCUT2D eigenvalue weighted by atomic mass is 32.1. The molecule has 0 spiro atoms. The maximum absolute atomic E-state index is 11.8. The van der Waals surface area contributed by atoms with Gasteiger partial charge in [0.05, 0.1) is 35.3 Å². The Balaban J connectivity index is 1.57. The number of pyridine rings is 1. The van der Waals surface area contributed by atoms with Gasteiger partial charge in [-0.2, -0.15) is 0 Å². The number of benzene rings is 1. The van der Waals surface area contributed by atoms with Crippen LogP contribution in [0, 0.1) is 6.92 Å². The number of hydrogen-bond acceptors (Lipinski definition) is 10. The van der Waals surface area contributed by atoms with Crippen LogP contribution < -0.4 is 10.6 Å². The monoisotopic (exact) mass is 441 g/mol. The Morgan fingerprint density at radius 2 is 2.03 bits per heavy atom. The summed E-state index contributed by atoms with van der Waals surface area (Å²) in [7, 11) is 0. The molecule has 154 valence electrons. The molecule has 0 saturated carbocycles. The first-order valence-electron chi connectivity index (χ1n) is 9.20. The number of nitrogens with one attached hydrogen (secondary N) is 2. The SMILES string of the molecule is CCOC(=O)c1csc(Nc2cnc(Nc3nc4ccccc4s3)c(C)c2CO)n1. The number of aromatic nitrogens is 3. The summed E-state index contributed by atoms with van der Waals surface area (Å²) in [6.07, 6.45) is 1.62. The van der Waals surface area contributed by atoms with E-state index in [0.29, 0.717) is 28.8 Å². The van der Waals surface area contributed by atoms with Crippen molar-refractivity contribution >= 4 is 60.6 Å². The van der Waals surface area contributed by atoms with Gasteiger partial charge in [-0.05, 0) is 31.5 Å². The van der Waals surface area contributed by atoms with Crippen LogP contribution in [0.2, 0.25) is 0 Å². The van der Waals surface area contributed by atoms with Gasteiger partial charge in [0.1, 0.15) is 5.82 Å². The van der Waals surface area contributed by atoms with E-state index >= 15 is 0 Å². The second-order valence-electron chi connectivity index (χ2n) is 6.28. The van der Waals surface area contributed by atoms with E-state index in [1.165, 1.54) is 22.7 Å². The molecule has 1 aromatic carbocycles. The zero-order valence-corrected chi connectivity index (χ0v) is 17.9. The Labute approximate surface area is 180 Å².